The number of benzene rings is 2. The number of hydrogen-bond acceptors (Lipinski definition) is 6. The van der Waals surface area contributed by atoms with E-state index < -0.39 is 0 Å². The van der Waals surface area contributed by atoms with E-state index in [-0.39, 0.29) is 11.9 Å². The van der Waals surface area contributed by atoms with Crippen LogP contribution in [0.25, 0.3) is 10.9 Å². The predicted molar refractivity (Wildman–Crippen MR) is 122 cm³/mol. The number of carbonyl (C=O) groups is 1. The van der Waals surface area contributed by atoms with E-state index in [2.05, 4.69) is 37.0 Å². The summed E-state index contributed by atoms with van der Waals surface area (Å²) in [4.78, 5) is 33.3. The van der Waals surface area contributed by atoms with Crippen molar-refractivity contribution in [2.24, 2.45) is 0 Å². The molecule has 3 N–H and O–H groups in total. The Morgan fingerprint density at radius 1 is 1.03 bits per heavy atom. The number of rotatable bonds is 6. The summed E-state index contributed by atoms with van der Waals surface area (Å²) in [6.07, 6.45) is 5.86. The first-order valence-corrected chi connectivity index (χ1v) is 10.7. The van der Waals surface area contributed by atoms with Crippen molar-refractivity contribution < 1.29 is 4.79 Å². The van der Waals surface area contributed by atoms with Crippen molar-refractivity contribution in [2.45, 2.75) is 19.0 Å². The molecule has 4 aromatic rings. The minimum absolute atomic E-state index is 0.0267. The number of nitrogens with zero attached hydrogens (tertiary/aromatic N) is 5. The van der Waals surface area contributed by atoms with Gasteiger partial charge in [-0.2, -0.15) is 0 Å². The Balaban J connectivity index is 1.30. The lowest BCUT2D eigenvalue weighted by Crippen LogP contribution is -2.51. The molecule has 3 heterocycles. The highest BCUT2D eigenvalue weighted by Gasteiger charge is 2.31. The number of aromatic nitrogens is 4. The van der Waals surface area contributed by atoms with Gasteiger partial charge in [0, 0.05) is 37.4 Å². The Morgan fingerprint density at radius 2 is 1.91 bits per heavy atom. The van der Waals surface area contributed by atoms with Crippen LogP contribution in [0.1, 0.15) is 23.0 Å². The molecule has 0 saturated carbocycles. The van der Waals surface area contributed by atoms with Crippen LogP contribution < -0.4 is 5.73 Å². The molecule has 0 radical (unpaired) electrons. The van der Waals surface area contributed by atoms with E-state index in [0.29, 0.717) is 25.5 Å². The van der Waals surface area contributed by atoms with Crippen LogP contribution in [0.4, 0.5) is 5.82 Å². The van der Waals surface area contributed by atoms with Crippen molar-refractivity contribution in [3.63, 3.8) is 0 Å². The average Bonchev–Trinajstić information content (AvgIpc) is 3.34. The maximum Gasteiger partial charge on any atom is 0.237 e. The van der Waals surface area contributed by atoms with E-state index in [1.54, 1.807) is 6.20 Å². The van der Waals surface area contributed by atoms with Crippen molar-refractivity contribution >= 4 is 22.6 Å². The number of anilines is 1. The number of nitrogen functional groups attached to an aromatic ring is 1. The molecule has 1 atom stereocenters. The second-order valence-corrected chi connectivity index (χ2v) is 8.08. The second-order valence-electron chi connectivity index (χ2n) is 8.08. The van der Waals surface area contributed by atoms with E-state index >= 15 is 0 Å². The Labute approximate surface area is 186 Å². The van der Waals surface area contributed by atoms with Gasteiger partial charge >= 0.3 is 0 Å². The van der Waals surface area contributed by atoms with Gasteiger partial charge < -0.3 is 15.6 Å². The number of H-pyrrole nitrogens is 1. The van der Waals surface area contributed by atoms with E-state index in [0.717, 1.165) is 35.3 Å². The largest absolute Gasteiger partial charge is 0.383 e. The second kappa shape index (κ2) is 8.76. The third kappa shape index (κ3) is 4.17. The third-order valence-electron chi connectivity index (χ3n) is 6.00. The van der Waals surface area contributed by atoms with Gasteiger partial charge in [-0.25, -0.2) is 15.0 Å². The highest BCUT2D eigenvalue weighted by Crippen LogP contribution is 2.25. The Kier molecular flexibility index (Phi) is 5.51. The molecule has 0 aliphatic carbocycles. The first-order chi connectivity index (χ1) is 15.7. The van der Waals surface area contributed by atoms with Crippen molar-refractivity contribution in [1.29, 1.82) is 0 Å². The fourth-order valence-corrected chi connectivity index (χ4v) is 4.30. The number of nitrogens with one attached hydrogen (secondary N) is 1. The molecule has 1 saturated heterocycles. The Morgan fingerprint density at radius 3 is 2.69 bits per heavy atom. The molecular weight excluding hydrogens is 402 g/mol. The van der Waals surface area contributed by atoms with Gasteiger partial charge in [0.1, 0.15) is 18.0 Å². The lowest BCUT2D eigenvalue weighted by atomic mass is 10.0. The summed E-state index contributed by atoms with van der Waals surface area (Å²) in [6.45, 7) is 2.36. The van der Waals surface area contributed by atoms with Crippen LogP contribution in [-0.2, 0) is 17.8 Å². The smallest absolute Gasteiger partial charge is 0.237 e. The molecule has 1 unspecified atom stereocenters. The molecule has 1 aliphatic heterocycles. The van der Waals surface area contributed by atoms with E-state index in [9.17, 15) is 4.79 Å². The molecule has 32 heavy (non-hydrogen) atoms. The van der Waals surface area contributed by atoms with Gasteiger partial charge in [-0.3, -0.25) is 9.69 Å². The highest BCUT2D eigenvalue weighted by molar-refractivity contribution is 5.88. The molecule has 1 aliphatic rings. The minimum Gasteiger partial charge on any atom is -0.383 e. The summed E-state index contributed by atoms with van der Waals surface area (Å²) >= 11 is 0. The number of piperazine rings is 1. The number of aromatic amines is 1. The van der Waals surface area contributed by atoms with Crippen LogP contribution in [0, 0.1) is 0 Å². The van der Waals surface area contributed by atoms with Crippen LogP contribution in [0.3, 0.4) is 0 Å². The fraction of sp³-hybridized carbons (Fsp3) is 0.250. The van der Waals surface area contributed by atoms with Crippen LogP contribution in [0.15, 0.2) is 67.3 Å². The zero-order valence-corrected chi connectivity index (χ0v) is 17.7. The molecule has 2 aromatic heterocycles. The van der Waals surface area contributed by atoms with E-state index in [1.165, 1.54) is 11.9 Å². The molecule has 0 spiro atoms. The van der Waals surface area contributed by atoms with Crippen molar-refractivity contribution in [1.82, 2.24) is 29.7 Å². The average molecular weight is 428 g/mol. The Hall–Kier alpha value is -3.78. The van der Waals surface area contributed by atoms with E-state index in [4.69, 9.17) is 5.73 Å². The molecule has 2 aromatic carbocycles. The van der Waals surface area contributed by atoms with Crippen LogP contribution in [0.5, 0.6) is 0 Å². The normalized spacial score (nSPS) is 15.9. The number of amides is 1. The van der Waals surface area contributed by atoms with Gasteiger partial charge in [0.25, 0.3) is 0 Å². The van der Waals surface area contributed by atoms with Gasteiger partial charge in [0.15, 0.2) is 0 Å². The molecule has 1 amide bonds. The number of nitrogens with two attached hydrogens (primary N) is 1. The summed E-state index contributed by atoms with van der Waals surface area (Å²) in [5.41, 5.74) is 8.97. The highest BCUT2D eigenvalue weighted by atomic mass is 16.2. The van der Waals surface area contributed by atoms with Crippen molar-refractivity contribution in [2.75, 3.05) is 25.4 Å². The maximum absolute atomic E-state index is 13.1. The van der Waals surface area contributed by atoms with Crippen LogP contribution in [0.2, 0.25) is 0 Å². The number of fused-ring (bicyclic) bond motifs is 1. The number of imidazole rings is 1. The van der Waals surface area contributed by atoms with Gasteiger partial charge in [-0.05, 0) is 29.7 Å². The van der Waals surface area contributed by atoms with Crippen LogP contribution >= 0.6 is 0 Å². The fourth-order valence-electron chi connectivity index (χ4n) is 4.30. The first-order valence-electron chi connectivity index (χ1n) is 10.7. The summed E-state index contributed by atoms with van der Waals surface area (Å²) in [7, 11) is 0. The zero-order valence-electron chi connectivity index (χ0n) is 17.7. The van der Waals surface area contributed by atoms with Crippen molar-refractivity contribution in [3.05, 3.63) is 84.2 Å². The molecule has 8 heteroatoms. The molecule has 1 fully saturated rings. The third-order valence-corrected chi connectivity index (χ3v) is 6.00. The monoisotopic (exact) mass is 427 g/mol. The topological polar surface area (TPSA) is 104 Å². The van der Waals surface area contributed by atoms with Gasteiger partial charge in [0.05, 0.1) is 18.1 Å². The van der Waals surface area contributed by atoms with E-state index in [1.807, 2.05) is 47.5 Å². The zero-order chi connectivity index (χ0) is 21.9. The Bertz CT molecular complexity index is 1210. The SMILES string of the molecule is Nc1ncnc2cc(CN3CCN(C(Cc4ccccc4)c4ncc[nH]4)CC3=O)ccc12. The van der Waals surface area contributed by atoms with Crippen molar-refractivity contribution in [3.8, 4) is 0 Å². The number of hydrogen-bond donors (Lipinski definition) is 2. The molecule has 5 rings (SSSR count). The lowest BCUT2D eigenvalue weighted by Gasteiger charge is -2.38. The summed E-state index contributed by atoms with van der Waals surface area (Å²) in [5, 5.41) is 0.828. The first kappa shape index (κ1) is 20.1. The lowest BCUT2D eigenvalue weighted by molar-refractivity contribution is -0.137. The van der Waals surface area contributed by atoms with Crippen LogP contribution in [-0.4, -0.2) is 55.3 Å². The minimum atomic E-state index is 0.0267. The molecule has 162 valence electrons. The summed E-state index contributed by atoms with van der Waals surface area (Å²) in [5.74, 6) is 1.47. The quantitative estimate of drug-likeness (QED) is 0.490. The molecule has 0 bridgehead atoms. The van der Waals surface area contributed by atoms with Gasteiger partial charge in [-0.1, -0.05) is 36.4 Å². The summed E-state index contributed by atoms with van der Waals surface area (Å²) in [6, 6.07) is 16.2. The standard InChI is InChI=1S/C24H25N7O/c25-23-19-7-6-18(12-20(19)28-16-29-23)14-31-11-10-30(15-22(31)32)21(24-26-8-9-27-24)13-17-4-2-1-3-5-17/h1-9,12,16,21H,10-11,13-15H2,(H,26,27)(H2,25,28,29). The van der Waals surface area contributed by atoms with Gasteiger partial charge in [-0.15, -0.1) is 0 Å². The number of carbonyl (C=O) groups excluding carboxylic acids is 1. The molecular formula is C24H25N7O. The maximum atomic E-state index is 13.1. The predicted octanol–water partition coefficient (Wildman–Crippen LogP) is 2.56. The molecule has 8 nitrogen and oxygen atoms in total. The summed E-state index contributed by atoms with van der Waals surface area (Å²) < 4.78 is 0. The van der Waals surface area contributed by atoms with Gasteiger partial charge in [0.2, 0.25) is 5.91 Å².